The van der Waals surface area contributed by atoms with E-state index in [1.54, 1.807) is 24.4 Å². The molecular formula is C37H51F3N4O2. The van der Waals surface area contributed by atoms with Gasteiger partial charge in [0.15, 0.2) is 5.78 Å². The van der Waals surface area contributed by atoms with Gasteiger partial charge in [0.1, 0.15) is 5.69 Å². The smallest absolute Gasteiger partial charge is 0.340 e. The molecule has 1 N–H and O–H groups in total. The minimum atomic E-state index is -4.47. The van der Waals surface area contributed by atoms with Gasteiger partial charge in [0.25, 0.3) is 5.91 Å². The highest BCUT2D eigenvalue weighted by atomic mass is 19.4. The zero-order valence-electron chi connectivity index (χ0n) is 27.9. The van der Waals surface area contributed by atoms with Crippen LogP contribution < -0.4 is 5.32 Å². The fraction of sp³-hybridized carbons (Fsp3) is 0.514. The maximum absolute atomic E-state index is 12.8. The molecule has 0 atom stereocenters. The Morgan fingerprint density at radius 3 is 2.24 bits per heavy atom. The second-order valence-electron chi connectivity index (χ2n) is 14.1. The number of carbonyl (C=O) groups excluding carboxylic acids is 2. The van der Waals surface area contributed by atoms with Gasteiger partial charge < -0.3 is 10.2 Å². The molecule has 3 aliphatic rings. The number of hydrogen-bond donors (Lipinski definition) is 1. The molecule has 0 unspecified atom stereocenters. The third-order valence-corrected chi connectivity index (χ3v) is 9.38. The van der Waals surface area contributed by atoms with E-state index in [0.29, 0.717) is 35.3 Å². The minimum Gasteiger partial charge on any atom is -0.340 e. The van der Waals surface area contributed by atoms with E-state index in [1.165, 1.54) is 36.8 Å². The number of likely N-dealkylation sites (tertiary alicyclic amines) is 1. The summed E-state index contributed by atoms with van der Waals surface area (Å²) in [5.41, 5.74) is 5.29. The van der Waals surface area contributed by atoms with Gasteiger partial charge in [0.05, 0.1) is 12.1 Å². The standard InChI is InChI=1S/C24H22F3N3O2.C13H25N.2H2/c1-17-7-12-22(28-14-17)23(32)29-20-10-8-18(9-11-20)4-2-6-21(31)16-30-13-3-5-19(15-30)24(25,26)27;1-12(2)8-11(10-6-7-10)9-13(3,4)14(12)5;;/h5,7-15H,2,4,6,16H2,1H3,(H,29,32);10-11H,6-9H2,1-5H3;2*1H. The van der Waals surface area contributed by atoms with Crippen LogP contribution in [0.2, 0.25) is 0 Å². The van der Waals surface area contributed by atoms with Gasteiger partial charge in [0.2, 0.25) is 0 Å². The van der Waals surface area contributed by atoms with Gasteiger partial charge in [-0.25, -0.2) is 0 Å². The lowest BCUT2D eigenvalue weighted by atomic mass is 9.72. The predicted octanol–water partition coefficient (Wildman–Crippen LogP) is 8.75. The van der Waals surface area contributed by atoms with Crippen molar-refractivity contribution in [3.8, 4) is 0 Å². The molecule has 46 heavy (non-hydrogen) atoms. The number of aryl methyl sites for hydroxylation is 2. The van der Waals surface area contributed by atoms with Gasteiger partial charge in [0, 0.05) is 44.6 Å². The number of ketones is 1. The van der Waals surface area contributed by atoms with Crippen molar-refractivity contribution < 1.29 is 25.6 Å². The van der Waals surface area contributed by atoms with Crippen LogP contribution in [0.5, 0.6) is 0 Å². The van der Waals surface area contributed by atoms with Crippen molar-refractivity contribution >= 4 is 17.4 Å². The molecule has 1 saturated carbocycles. The van der Waals surface area contributed by atoms with E-state index in [4.69, 9.17) is 0 Å². The van der Waals surface area contributed by atoms with Crippen LogP contribution in [-0.4, -0.2) is 57.3 Å². The number of pyridine rings is 1. The summed E-state index contributed by atoms with van der Waals surface area (Å²) in [4.78, 5) is 32.2. The number of anilines is 1. The molecule has 3 heterocycles. The Labute approximate surface area is 274 Å². The summed E-state index contributed by atoms with van der Waals surface area (Å²) in [7, 11) is 2.29. The number of halogens is 3. The Morgan fingerprint density at radius 2 is 1.67 bits per heavy atom. The number of aromatic nitrogens is 1. The van der Waals surface area contributed by atoms with Crippen molar-refractivity contribution in [2.24, 2.45) is 11.8 Å². The minimum absolute atomic E-state index is 0. The average Bonchev–Trinajstić information content (AvgIpc) is 3.83. The lowest BCUT2D eigenvalue weighted by molar-refractivity contribution is -0.119. The van der Waals surface area contributed by atoms with E-state index >= 15 is 0 Å². The molecule has 2 aromatic rings. The van der Waals surface area contributed by atoms with Crippen molar-refractivity contribution in [3.05, 3.63) is 89.2 Å². The SMILES string of the molecule is CN1C(C)(C)CC(C2CC2)CC1(C)C.Cc1ccc(C(=O)Nc2ccc(CCCC(=O)CN3C=C=CC(C(F)(F)F)=C3)cc2)nc1.[HH].[HH]. The molecule has 252 valence electrons. The van der Waals surface area contributed by atoms with E-state index in [-0.39, 0.29) is 27.5 Å². The number of hydrogen-bond acceptors (Lipinski definition) is 5. The molecule has 2 aliphatic heterocycles. The number of rotatable bonds is 9. The Hall–Kier alpha value is -3.68. The summed E-state index contributed by atoms with van der Waals surface area (Å²) in [5, 5.41) is 2.78. The number of allylic oxidation sites excluding steroid dienone is 2. The highest BCUT2D eigenvalue weighted by molar-refractivity contribution is 6.02. The van der Waals surface area contributed by atoms with E-state index in [2.05, 4.69) is 55.7 Å². The van der Waals surface area contributed by atoms with E-state index in [9.17, 15) is 22.8 Å². The van der Waals surface area contributed by atoms with Crippen LogP contribution in [0.25, 0.3) is 0 Å². The highest BCUT2D eigenvalue weighted by Gasteiger charge is 2.47. The number of amides is 1. The monoisotopic (exact) mass is 640 g/mol. The highest BCUT2D eigenvalue weighted by Crippen LogP contribution is 2.49. The molecule has 0 radical (unpaired) electrons. The summed E-state index contributed by atoms with van der Waals surface area (Å²) >= 11 is 0. The summed E-state index contributed by atoms with van der Waals surface area (Å²) in [6.45, 7) is 11.4. The fourth-order valence-corrected chi connectivity index (χ4v) is 6.40. The van der Waals surface area contributed by atoms with Crippen LogP contribution in [0.15, 0.2) is 72.4 Å². The van der Waals surface area contributed by atoms with Crippen molar-refractivity contribution in [2.75, 3.05) is 18.9 Å². The molecule has 5 rings (SSSR count). The second-order valence-corrected chi connectivity index (χ2v) is 14.1. The van der Waals surface area contributed by atoms with Gasteiger partial charge in [-0.05, 0) is 127 Å². The normalized spacial score (nSPS) is 19.2. The quantitative estimate of drug-likeness (QED) is 0.278. The molecule has 1 aliphatic carbocycles. The van der Waals surface area contributed by atoms with Gasteiger partial charge in [-0.3, -0.25) is 19.5 Å². The number of piperidine rings is 1. The van der Waals surface area contributed by atoms with E-state index < -0.39 is 11.7 Å². The van der Waals surface area contributed by atoms with Crippen LogP contribution in [0.4, 0.5) is 18.9 Å². The van der Waals surface area contributed by atoms with Crippen LogP contribution in [0.1, 0.15) is 90.7 Å². The summed E-state index contributed by atoms with van der Waals surface area (Å²) in [6.07, 6.45) is 7.51. The largest absolute Gasteiger partial charge is 0.418 e. The van der Waals surface area contributed by atoms with Crippen molar-refractivity contribution in [1.82, 2.24) is 14.8 Å². The Balaban J connectivity index is 0.000000419. The average molecular weight is 641 g/mol. The molecule has 0 spiro atoms. The molecule has 1 aromatic carbocycles. The first-order chi connectivity index (χ1) is 21.5. The van der Waals surface area contributed by atoms with Crippen LogP contribution in [0, 0.1) is 18.8 Å². The van der Waals surface area contributed by atoms with Gasteiger partial charge >= 0.3 is 6.18 Å². The topological polar surface area (TPSA) is 65.5 Å². The van der Waals surface area contributed by atoms with Crippen molar-refractivity contribution in [1.29, 1.82) is 0 Å². The fourth-order valence-electron chi connectivity index (χ4n) is 6.40. The zero-order chi connectivity index (χ0) is 33.7. The van der Waals surface area contributed by atoms with E-state index in [0.717, 1.165) is 35.2 Å². The molecule has 0 bridgehead atoms. The molecule has 1 amide bonds. The molecule has 9 heteroatoms. The van der Waals surface area contributed by atoms with Crippen LogP contribution in [0.3, 0.4) is 0 Å². The zero-order valence-corrected chi connectivity index (χ0v) is 27.9. The first-order valence-electron chi connectivity index (χ1n) is 16.1. The summed E-state index contributed by atoms with van der Waals surface area (Å²) < 4.78 is 38.3. The number of alkyl halides is 3. The van der Waals surface area contributed by atoms with Gasteiger partial charge in [-0.15, -0.1) is 5.73 Å². The summed E-state index contributed by atoms with van der Waals surface area (Å²) in [5.74, 6) is 1.61. The second kappa shape index (κ2) is 14.4. The Bertz CT molecular complexity index is 1460. The summed E-state index contributed by atoms with van der Waals surface area (Å²) in [6, 6.07) is 10.7. The number of nitrogens with one attached hydrogen (secondary N) is 1. The number of benzene rings is 1. The van der Waals surface area contributed by atoms with Crippen LogP contribution >= 0.6 is 0 Å². The van der Waals surface area contributed by atoms with E-state index in [1.807, 2.05) is 25.1 Å². The predicted molar refractivity (Wildman–Crippen MR) is 180 cm³/mol. The Kier molecular flexibility index (Phi) is 11.0. The maximum Gasteiger partial charge on any atom is 0.418 e. The molecule has 1 aromatic heterocycles. The van der Waals surface area contributed by atoms with Gasteiger partial charge in [-0.2, -0.15) is 13.2 Å². The number of carbonyl (C=O) groups is 2. The molecular weight excluding hydrogens is 589 g/mol. The van der Waals surface area contributed by atoms with Crippen molar-refractivity contribution in [2.45, 2.75) is 96.8 Å². The molecule has 2 fully saturated rings. The molecule has 1 saturated heterocycles. The van der Waals surface area contributed by atoms with Crippen LogP contribution in [-0.2, 0) is 11.2 Å². The first-order valence-corrected chi connectivity index (χ1v) is 16.1. The first kappa shape index (κ1) is 35.2. The number of Topliss-reactive ketones (excluding diaryl/α,β-unsaturated/α-hetero) is 1. The lowest BCUT2D eigenvalue weighted by Crippen LogP contribution is -2.58. The maximum atomic E-state index is 12.8. The number of nitrogens with zero attached hydrogens (tertiary/aromatic N) is 3. The third kappa shape index (κ3) is 9.91. The third-order valence-electron chi connectivity index (χ3n) is 9.38. The van der Waals surface area contributed by atoms with Gasteiger partial charge in [-0.1, -0.05) is 18.2 Å². The Morgan fingerprint density at radius 1 is 1.02 bits per heavy atom. The molecule has 6 nitrogen and oxygen atoms in total. The lowest BCUT2D eigenvalue weighted by Gasteiger charge is -2.54. The van der Waals surface area contributed by atoms with Crippen molar-refractivity contribution in [3.63, 3.8) is 0 Å².